The van der Waals surface area contributed by atoms with Crippen molar-refractivity contribution in [3.8, 4) is 0 Å². The van der Waals surface area contributed by atoms with Gasteiger partial charge in [-0.15, -0.1) is 0 Å². The molecule has 2 aromatic rings. The Morgan fingerprint density at radius 1 is 1.43 bits per heavy atom. The van der Waals surface area contributed by atoms with Crippen LogP contribution >= 0.6 is 15.9 Å². The van der Waals surface area contributed by atoms with Gasteiger partial charge in [-0.2, -0.15) is 0 Å². The molecule has 0 spiro atoms. The summed E-state index contributed by atoms with van der Waals surface area (Å²) in [6, 6.07) is 4.25. The fourth-order valence-electron chi connectivity index (χ4n) is 3.22. The third kappa shape index (κ3) is 2.59. The van der Waals surface area contributed by atoms with Crippen LogP contribution in [0.1, 0.15) is 48.8 Å². The molecular formula is C16H20BrN3O. The highest BCUT2D eigenvalue weighted by atomic mass is 79.9. The fourth-order valence-corrected chi connectivity index (χ4v) is 3.56. The lowest BCUT2D eigenvalue weighted by atomic mass is 9.99. The molecule has 0 bridgehead atoms. The molecular weight excluding hydrogens is 330 g/mol. The van der Waals surface area contributed by atoms with Gasteiger partial charge in [-0.25, -0.2) is 4.98 Å². The predicted octanol–water partition coefficient (Wildman–Crippen LogP) is 3.81. The molecule has 1 unspecified atom stereocenters. The topological polar surface area (TPSA) is 37.6 Å². The largest absolute Gasteiger partial charge is 0.334 e. The summed E-state index contributed by atoms with van der Waals surface area (Å²) < 4.78 is 2.86. The maximum atomic E-state index is 13.0. The summed E-state index contributed by atoms with van der Waals surface area (Å²) in [5.41, 5.74) is 2.33. The van der Waals surface area contributed by atoms with Gasteiger partial charge in [0.15, 0.2) is 0 Å². The smallest absolute Gasteiger partial charge is 0.273 e. The summed E-state index contributed by atoms with van der Waals surface area (Å²) in [7, 11) is 0. The maximum absolute atomic E-state index is 13.0. The molecule has 4 nitrogen and oxygen atoms in total. The number of piperidine rings is 1. The second-order valence-corrected chi connectivity index (χ2v) is 6.59. The highest BCUT2D eigenvalue weighted by molar-refractivity contribution is 9.10. The third-order valence-electron chi connectivity index (χ3n) is 4.32. The number of aryl methyl sites for hydroxylation is 1. The van der Waals surface area contributed by atoms with Gasteiger partial charge < -0.3 is 4.90 Å². The zero-order valence-electron chi connectivity index (χ0n) is 12.5. The number of imidazole rings is 1. The molecule has 0 aromatic carbocycles. The van der Waals surface area contributed by atoms with E-state index in [0.717, 1.165) is 41.6 Å². The molecule has 0 aliphatic carbocycles. The number of carbonyl (C=O) groups excluding carboxylic acids is 1. The van der Waals surface area contributed by atoms with Crippen molar-refractivity contribution in [3.63, 3.8) is 0 Å². The molecule has 0 saturated carbocycles. The number of fused-ring (bicyclic) bond motifs is 1. The second kappa shape index (κ2) is 5.79. The van der Waals surface area contributed by atoms with Crippen LogP contribution in [-0.4, -0.2) is 32.8 Å². The van der Waals surface area contributed by atoms with Crippen molar-refractivity contribution in [2.24, 2.45) is 0 Å². The lowest BCUT2D eigenvalue weighted by Gasteiger charge is -2.35. The van der Waals surface area contributed by atoms with Crippen molar-refractivity contribution in [1.82, 2.24) is 14.3 Å². The van der Waals surface area contributed by atoms with E-state index < -0.39 is 0 Å². The number of likely N-dealkylation sites (tertiary alicyclic amines) is 1. The number of carbonyl (C=O) groups is 1. The van der Waals surface area contributed by atoms with Crippen LogP contribution in [0.4, 0.5) is 0 Å². The van der Waals surface area contributed by atoms with Crippen molar-refractivity contribution < 1.29 is 4.79 Å². The normalized spacial score (nSPS) is 19.2. The Kier molecular flexibility index (Phi) is 4.02. The first-order chi connectivity index (χ1) is 10.1. The average Bonchev–Trinajstić information content (AvgIpc) is 2.81. The zero-order valence-corrected chi connectivity index (χ0v) is 14.1. The number of pyridine rings is 1. The highest BCUT2D eigenvalue weighted by Gasteiger charge is 2.29. The minimum Gasteiger partial charge on any atom is -0.334 e. The van der Waals surface area contributed by atoms with Crippen LogP contribution in [0.15, 0.2) is 22.8 Å². The summed E-state index contributed by atoms with van der Waals surface area (Å²) in [6.45, 7) is 4.94. The van der Waals surface area contributed by atoms with Crippen LogP contribution < -0.4 is 0 Å². The van der Waals surface area contributed by atoms with Crippen molar-refractivity contribution in [2.45, 2.75) is 45.6 Å². The van der Waals surface area contributed by atoms with Crippen molar-refractivity contribution in [2.75, 3.05) is 6.54 Å². The monoisotopic (exact) mass is 349 g/mol. The predicted molar refractivity (Wildman–Crippen MR) is 86.6 cm³/mol. The second-order valence-electron chi connectivity index (χ2n) is 5.68. The minimum absolute atomic E-state index is 0.115. The van der Waals surface area contributed by atoms with E-state index in [4.69, 9.17) is 0 Å². The Hall–Kier alpha value is -1.36. The van der Waals surface area contributed by atoms with Gasteiger partial charge in [0.2, 0.25) is 0 Å². The first-order valence-corrected chi connectivity index (χ1v) is 8.36. The minimum atomic E-state index is 0.115. The molecule has 5 heteroatoms. The van der Waals surface area contributed by atoms with Crippen LogP contribution in [0.5, 0.6) is 0 Å². The summed E-state index contributed by atoms with van der Waals surface area (Å²) in [6.07, 6.45) is 6.38. The molecule has 0 N–H and O–H groups in total. The van der Waals surface area contributed by atoms with E-state index in [2.05, 4.69) is 27.8 Å². The lowest BCUT2D eigenvalue weighted by Crippen LogP contribution is -2.44. The quantitative estimate of drug-likeness (QED) is 0.826. The number of aromatic nitrogens is 2. The molecule has 1 aliphatic rings. The van der Waals surface area contributed by atoms with E-state index in [-0.39, 0.29) is 5.91 Å². The molecule has 1 amide bonds. The number of amides is 1. The van der Waals surface area contributed by atoms with E-state index in [1.54, 1.807) is 0 Å². The molecule has 21 heavy (non-hydrogen) atoms. The standard InChI is InChI=1S/C16H20BrN3O/c1-3-13-6-4-5-9-19(13)16(21)15-11(2)18-14-8-7-12(17)10-20(14)15/h7-8,10,13H,3-6,9H2,1-2H3. The molecule has 3 rings (SSSR count). The number of halogens is 1. The van der Waals surface area contributed by atoms with E-state index in [9.17, 15) is 4.79 Å². The molecule has 112 valence electrons. The zero-order chi connectivity index (χ0) is 15.0. The third-order valence-corrected chi connectivity index (χ3v) is 4.79. The molecule has 3 heterocycles. The van der Waals surface area contributed by atoms with Crippen LogP contribution in [0.3, 0.4) is 0 Å². The van der Waals surface area contributed by atoms with Crippen LogP contribution in [0.25, 0.3) is 5.65 Å². The summed E-state index contributed by atoms with van der Waals surface area (Å²) in [4.78, 5) is 19.6. The molecule has 2 aromatic heterocycles. The highest BCUT2D eigenvalue weighted by Crippen LogP contribution is 2.24. The molecule has 1 atom stereocenters. The lowest BCUT2D eigenvalue weighted by molar-refractivity contribution is 0.0600. The summed E-state index contributed by atoms with van der Waals surface area (Å²) in [5.74, 6) is 0.115. The van der Waals surface area contributed by atoms with E-state index in [1.807, 2.05) is 34.6 Å². The van der Waals surface area contributed by atoms with E-state index in [0.29, 0.717) is 11.7 Å². The van der Waals surface area contributed by atoms with Gasteiger partial charge >= 0.3 is 0 Å². The first kappa shape index (κ1) is 14.6. The van der Waals surface area contributed by atoms with Crippen molar-refractivity contribution >= 4 is 27.5 Å². The van der Waals surface area contributed by atoms with Gasteiger partial charge in [0, 0.05) is 23.3 Å². The Bertz CT molecular complexity index is 679. The first-order valence-electron chi connectivity index (χ1n) is 7.57. The van der Waals surface area contributed by atoms with Crippen molar-refractivity contribution in [3.05, 3.63) is 34.2 Å². The maximum Gasteiger partial charge on any atom is 0.273 e. The Morgan fingerprint density at radius 3 is 3.00 bits per heavy atom. The number of rotatable bonds is 2. The number of hydrogen-bond acceptors (Lipinski definition) is 2. The molecule has 1 fully saturated rings. The Balaban J connectivity index is 2.04. The van der Waals surface area contributed by atoms with Gasteiger partial charge in [-0.3, -0.25) is 9.20 Å². The Labute approximate surface area is 133 Å². The van der Waals surface area contributed by atoms with Gasteiger partial charge in [0.25, 0.3) is 5.91 Å². The summed E-state index contributed by atoms with van der Waals surface area (Å²) >= 11 is 3.47. The molecule has 1 aliphatic heterocycles. The Morgan fingerprint density at radius 2 is 2.24 bits per heavy atom. The fraction of sp³-hybridized carbons (Fsp3) is 0.500. The average molecular weight is 350 g/mol. The SMILES string of the molecule is CCC1CCCCN1C(=O)c1c(C)nc2ccc(Br)cn12. The molecule has 0 radical (unpaired) electrons. The molecule has 1 saturated heterocycles. The van der Waals surface area contributed by atoms with E-state index in [1.165, 1.54) is 6.42 Å². The number of hydrogen-bond donors (Lipinski definition) is 0. The van der Waals surface area contributed by atoms with Crippen LogP contribution in [0.2, 0.25) is 0 Å². The van der Waals surface area contributed by atoms with E-state index >= 15 is 0 Å². The van der Waals surface area contributed by atoms with Crippen LogP contribution in [0, 0.1) is 6.92 Å². The van der Waals surface area contributed by atoms with Gasteiger partial charge in [0.1, 0.15) is 11.3 Å². The summed E-state index contributed by atoms with van der Waals surface area (Å²) in [5, 5.41) is 0. The van der Waals surface area contributed by atoms with Crippen LogP contribution in [-0.2, 0) is 0 Å². The van der Waals surface area contributed by atoms with Gasteiger partial charge in [-0.1, -0.05) is 6.92 Å². The van der Waals surface area contributed by atoms with Gasteiger partial charge in [0.05, 0.1) is 5.69 Å². The number of nitrogens with zero attached hydrogens (tertiary/aromatic N) is 3. The van der Waals surface area contributed by atoms with Gasteiger partial charge in [-0.05, 0) is 60.7 Å². The van der Waals surface area contributed by atoms with Crippen molar-refractivity contribution in [1.29, 1.82) is 0 Å².